The maximum atomic E-state index is 12.0. The first-order valence-corrected chi connectivity index (χ1v) is 7.03. The van der Waals surface area contributed by atoms with Gasteiger partial charge >= 0.3 is 0 Å². The Labute approximate surface area is 127 Å². The number of nitrogens with two attached hydrogens (primary N) is 1. The monoisotopic (exact) mass is 297 g/mol. The molecule has 0 saturated carbocycles. The van der Waals surface area contributed by atoms with Crippen LogP contribution in [0.3, 0.4) is 0 Å². The van der Waals surface area contributed by atoms with Crippen LogP contribution in [0.1, 0.15) is 18.4 Å². The number of benzene rings is 1. The molecule has 4 nitrogen and oxygen atoms in total. The molecular weight excluding hydrogens is 274 g/mol. The number of rotatable bonds is 5. The molecule has 3 N–H and O–H groups in total. The summed E-state index contributed by atoms with van der Waals surface area (Å²) in [5.74, 6) is 0.271. The Balaban J connectivity index is 0.00000200. The van der Waals surface area contributed by atoms with Crippen LogP contribution >= 0.6 is 12.4 Å². The summed E-state index contributed by atoms with van der Waals surface area (Å²) in [6.45, 7) is 3.95. The maximum absolute atomic E-state index is 12.0. The molecule has 1 saturated heterocycles. The SMILES string of the molecule is Cl.NCCNC(=O)C1CCCN(Cc2ccccc2)C1. The van der Waals surface area contributed by atoms with Gasteiger partial charge in [0.2, 0.25) is 5.91 Å². The third-order valence-electron chi connectivity index (χ3n) is 3.57. The second kappa shape index (κ2) is 8.95. The minimum atomic E-state index is 0. The first-order valence-electron chi connectivity index (χ1n) is 7.03. The molecule has 1 aromatic carbocycles. The van der Waals surface area contributed by atoms with Crippen molar-refractivity contribution in [3.8, 4) is 0 Å². The van der Waals surface area contributed by atoms with Gasteiger partial charge in [0.15, 0.2) is 0 Å². The fourth-order valence-electron chi connectivity index (χ4n) is 2.59. The van der Waals surface area contributed by atoms with E-state index in [2.05, 4.69) is 34.5 Å². The molecule has 1 aliphatic rings. The molecule has 1 unspecified atom stereocenters. The first kappa shape index (κ1) is 17.0. The molecule has 0 spiro atoms. The summed E-state index contributed by atoms with van der Waals surface area (Å²) < 4.78 is 0. The third kappa shape index (κ3) is 5.12. The Kier molecular flexibility index (Phi) is 7.59. The van der Waals surface area contributed by atoms with E-state index >= 15 is 0 Å². The molecule has 5 heteroatoms. The van der Waals surface area contributed by atoms with Gasteiger partial charge in [0.25, 0.3) is 0 Å². The lowest BCUT2D eigenvalue weighted by molar-refractivity contribution is -0.126. The zero-order valence-electron chi connectivity index (χ0n) is 11.8. The van der Waals surface area contributed by atoms with Crippen LogP contribution in [0.5, 0.6) is 0 Å². The number of carbonyl (C=O) groups is 1. The normalized spacial score (nSPS) is 19.1. The van der Waals surface area contributed by atoms with Crippen LogP contribution in [0.4, 0.5) is 0 Å². The Morgan fingerprint density at radius 2 is 2.10 bits per heavy atom. The summed E-state index contributed by atoms with van der Waals surface area (Å²) in [6.07, 6.45) is 2.08. The summed E-state index contributed by atoms with van der Waals surface area (Å²) in [4.78, 5) is 14.3. The minimum Gasteiger partial charge on any atom is -0.355 e. The van der Waals surface area contributed by atoms with Crippen molar-refractivity contribution < 1.29 is 4.79 Å². The van der Waals surface area contributed by atoms with Gasteiger partial charge in [-0.05, 0) is 24.9 Å². The van der Waals surface area contributed by atoms with Gasteiger partial charge in [-0.1, -0.05) is 30.3 Å². The molecule has 1 amide bonds. The van der Waals surface area contributed by atoms with E-state index in [1.165, 1.54) is 5.56 Å². The molecule has 0 bridgehead atoms. The number of nitrogens with zero attached hydrogens (tertiary/aromatic N) is 1. The molecule has 0 aliphatic carbocycles. The molecule has 112 valence electrons. The highest BCUT2D eigenvalue weighted by Gasteiger charge is 2.25. The van der Waals surface area contributed by atoms with Crippen molar-refractivity contribution in [2.24, 2.45) is 11.7 Å². The van der Waals surface area contributed by atoms with E-state index in [0.717, 1.165) is 32.5 Å². The Hall–Kier alpha value is -1.10. The van der Waals surface area contributed by atoms with Crippen LogP contribution in [-0.2, 0) is 11.3 Å². The van der Waals surface area contributed by atoms with E-state index in [1.54, 1.807) is 0 Å². The van der Waals surface area contributed by atoms with E-state index in [1.807, 2.05) is 6.07 Å². The van der Waals surface area contributed by atoms with Gasteiger partial charge in [-0.2, -0.15) is 0 Å². The maximum Gasteiger partial charge on any atom is 0.224 e. The van der Waals surface area contributed by atoms with Gasteiger partial charge in [-0.15, -0.1) is 12.4 Å². The zero-order valence-corrected chi connectivity index (χ0v) is 12.6. The highest BCUT2D eigenvalue weighted by molar-refractivity contribution is 5.85. The number of hydrogen-bond donors (Lipinski definition) is 2. The molecule has 0 aromatic heterocycles. The third-order valence-corrected chi connectivity index (χ3v) is 3.57. The molecule has 20 heavy (non-hydrogen) atoms. The average molecular weight is 298 g/mol. The largest absolute Gasteiger partial charge is 0.355 e. The number of halogens is 1. The molecular formula is C15H24ClN3O. The van der Waals surface area contributed by atoms with Crippen molar-refractivity contribution in [3.05, 3.63) is 35.9 Å². The average Bonchev–Trinajstić information content (AvgIpc) is 2.46. The van der Waals surface area contributed by atoms with Crippen molar-refractivity contribution in [1.29, 1.82) is 0 Å². The number of likely N-dealkylation sites (tertiary alicyclic amines) is 1. The van der Waals surface area contributed by atoms with Gasteiger partial charge in [0.05, 0.1) is 5.92 Å². The van der Waals surface area contributed by atoms with Gasteiger partial charge in [0.1, 0.15) is 0 Å². The zero-order chi connectivity index (χ0) is 13.5. The fraction of sp³-hybridized carbons (Fsp3) is 0.533. The van der Waals surface area contributed by atoms with Gasteiger partial charge in [0, 0.05) is 26.2 Å². The van der Waals surface area contributed by atoms with E-state index in [-0.39, 0.29) is 24.2 Å². The lowest BCUT2D eigenvalue weighted by atomic mass is 9.96. The quantitative estimate of drug-likeness (QED) is 0.864. The van der Waals surface area contributed by atoms with Crippen molar-refractivity contribution in [1.82, 2.24) is 10.2 Å². The lowest BCUT2D eigenvalue weighted by Crippen LogP contribution is -2.43. The standard InChI is InChI=1S/C15H23N3O.ClH/c16-8-9-17-15(19)14-7-4-10-18(12-14)11-13-5-2-1-3-6-13;/h1-3,5-6,14H,4,7-12,16H2,(H,17,19);1H. The first-order chi connectivity index (χ1) is 9.29. The topological polar surface area (TPSA) is 58.4 Å². The van der Waals surface area contributed by atoms with Crippen LogP contribution in [0.2, 0.25) is 0 Å². The number of carbonyl (C=O) groups excluding carboxylic acids is 1. The number of piperidine rings is 1. The lowest BCUT2D eigenvalue weighted by Gasteiger charge is -2.32. The highest BCUT2D eigenvalue weighted by atomic mass is 35.5. The van der Waals surface area contributed by atoms with Crippen molar-refractivity contribution in [3.63, 3.8) is 0 Å². The van der Waals surface area contributed by atoms with Gasteiger partial charge in [-0.25, -0.2) is 0 Å². The predicted molar refractivity (Wildman–Crippen MR) is 83.8 cm³/mol. The van der Waals surface area contributed by atoms with Crippen molar-refractivity contribution in [2.45, 2.75) is 19.4 Å². The Morgan fingerprint density at radius 3 is 2.80 bits per heavy atom. The number of nitrogens with one attached hydrogen (secondary N) is 1. The van der Waals surface area contributed by atoms with Crippen LogP contribution in [-0.4, -0.2) is 37.0 Å². The second-order valence-electron chi connectivity index (χ2n) is 5.14. The molecule has 1 aliphatic heterocycles. The van der Waals surface area contributed by atoms with Gasteiger partial charge in [-0.3, -0.25) is 9.69 Å². The number of amides is 1. The summed E-state index contributed by atoms with van der Waals surface area (Å²) in [6, 6.07) is 10.4. The Bertz CT molecular complexity index is 399. The molecule has 1 heterocycles. The smallest absolute Gasteiger partial charge is 0.224 e. The number of hydrogen-bond acceptors (Lipinski definition) is 3. The molecule has 1 fully saturated rings. The molecule has 1 atom stereocenters. The van der Waals surface area contributed by atoms with E-state index in [9.17, 15) is 4.79 Å². The molecule has 0 radical (unpaired) electrons. The van der Waals surface area contributed by atoms with Crippen LogP contribution in [0, 0.1) is 5.92 Å². The molecule has 1 aromatic rings. The van der Waals surface area contributed by atoms with Gasteiger partial charge < -0.3 is 11.1 Å². The predicted octanol–water partition coefficient (Wildman–Crippen LogP) is 1.40. The van der Waals surface area contributed by atoms with E-state index < -0.39 is 0 Å². The van der Waals surface area contributed by atoms with Crippen LogP contribution < -0.4 is 11.1 Å². The summed E-state index contributed by atoms with van der Waals surface area (Å²) in [7, 11) is 0. The van der Waals surface area contributed by atoms with E-state index in [4.69, 9.17) is 5.73 Å². The summed E-state index contributed by atoms with van der Waals surface area (Å²) in [5, 5.41) is 2.90. The fourth-order valence-corrected chi connectivity index (χ4v) is 2.59. The second-order valence-corrected chi connectivity index (χ2v) is 5.14. The molecule has 2 rings (SSSR count). The van der Waals surface area contributed by atoms with Crippen LogP contribution in [0.15, 0.2) is 30.3 Å². The minimum absolute atomic E-state index is 0. The highest BCUT2D eigenvalue weighted by Crippen LogP contribution is 2.18. The summed E-state index contributed by atoms with van der Waals surface area (Å²) >= 11 is 0. The van der Waals surface area contributed by atoms with E-state index in [0.29, 0.717) is 13.1 Å². The van der Waals surface area contributed by atoms with Crippen molar-refractivity contribution >= 4 is 18.3 Å². The summed E-state index contributed by atoms with van der Waals surface area (Å²) in [5.41, 5.74) is 6.72. The van der Waals surface area contributed by atoms with Crippen molar-refractivity contribution in [2.75, 3.05) is 26.2 Å². The van der Waals surface area contributed by atoms with Crippen LogP contribution in [0.25, 0.3) is 0 Å². The Morgan fingerprint density at radius 1 is 1.35 bits per heavy atom.